The van der Waals surface area contributed by atoms with Crippen molar-refractivity contribution in [2.45, 2.75) is 32.7 Å². The summed E-state index contributed by atoms with van der Waals surface area (Å²) in [6.07, 6.45) is 2.88. The lowest BCUT2D eigenvalue weighted by Gasteiger charge is -2.25. The monoisotopic (exact) mass is 481 g/mol. The van der Waals surface area contributed by atoms with Gasteiger partial charge < -0.3 is 23.5 Å². The van der Waals surface area contributed by atoms with Crippen molar-refractivity contribution < 1.29 is 27.8 Å². The van der Waals surface area contributed by atoms with Crippen molar-refractivity contribution in [3.8, 4) is 28.6 Å². The van der Waals surface area contributed by atoms with E-state index in [2.05, 4.69) is 4.98 Å². The van der Waals surface area contributed by atoms with E-state index >= 15 is 4.39 Å². The van der Waals surface area contributed by atoms with Gasteiger partial charge in [-0.05, 0) is 29.2 Å². The third-order valence-electron chi connectivity index (χ3n) is 6.06. The molecule has 1 aliphatic heterocycles. The molecule has 1 N–H and O–H groups in total. The van der Waals surface area contributed by atoms with Gasteiger partial charge in [0, 0.05) is 17.7 Å². The number of hydrogen-bond donors (Lipinski definition) is 1. The second-order valence-electron chi connectivity index (χ2n) is 9.31. The molecule has 0 spiro atoms. The fourth-order valence-electron chi connectivity index (χ4n) is 4.32. The third-order valence-corrected chi connectivity index (χ3v) is 6.06. The molecule has 35 heavy (non-hydrogen) atoms. The number of nitrogens with one attached hydrogen (secondary N) is 1. The molecular weight excluding hydrogens is 453 g/mol. The van der Waals surface area contributed by atoms with Gasteiger partial charge in [-0.3, -0.25) is 10.2 Å². The van der Waals surface area contributed by atoms with E-state index in [1.54, 1.807) is 31.5 Å². The predicted molar refractivity (Wildman–Crippen MR) is 128 cm³/mol. The fraction of sp³-hybridized carbons (Fsp3) is 0.346. The largest absolute Gasteiger partial charge is 0.496 e. The Bertz CT molecular complexity index is 1300. The number of ether oxygens (including phenoxy) is 3. The van der Waals surface area contributed by atoms with Crippen molar-refractivity contribution in [1.29, 1.82) is 5.41 Å². The van der Waals surface area contributed by atoms with Crippen LogP contribution >= 0.6 is 0 Å². The number of nitrogens with zero attached hydrogens (tertiary/aromatic N) is 2. The van der Waals surface area contributed by atoms with Crippen LogP contribution in [0.15, 0.2) is 35.2 Å². The maximum Gasteiger partial charge on any atom is 0.197 e. The molecule has 4 rings (SSSR count). The topological polar surface area (TPSA) is 97.9 Å². The Labute approximate surface area is 203 Å². The number of Topliss-reactive ketones (excluding diaryl/α,β-unsaturated/α-hetero) is 1. The third kappa shape index (κ3) is 4.22. The Hall–Kier alpha value is -3.88. The number of carbonyl (C=O) groups excluding carboxylic acids is 1. The molecule has 9 heteroatoms. The molecule has 3 aromatic rings. The van der Waals surface area contributed by atoms with Crippen LogP contribution in [0.3, 0.4) is 0 Å². The Balaban J connectivity index is 1.71. The summed E-state index contributed by atoms with van der Waals surface area (Å²) in [4.78, 5) is 19.0. The molecule has 0 saturated heterocycles. The van der Waals surface area contributed by atoms with Crippen molar-refractivity contribution in [3.63, 3.8) is 0 Å². The van der Waals surface area contributed by atoms with Crippen LogP contribution in [0.2, 0.25) is 0 Å². The van der Waals surface area contributed by atoms with Gasteiger partial charge in [0.1, 0.15) is 11.6 Å². The van der Waals surface area contributed by atoms with Crippen LogP contribution in [0, 0.1) is 11.2 Å². The zero-order chi connectivity index (χ0) is 25.5. The Morgan fingerprint density at radius 1 is 1.14 bits per heavy atom. The van der Waals surface area contributed by atoms with Gasteiger partial charge in [0.2, 0.25) is 0 Å². The first-order valence-electron chi connectivity index (χ1n) is 11.0. The van der Waals surface area contributed by atoms with Crippen LogP contribution < -0.4 is 14.2 Å². The van der Waals surface area contributed by atoms with Crippen LogP contribution in [0.25, 0.3) is 11.3 Å². The van der Waals surface area contributed by atoms with Gasteiger partial charge in [0.15, 0.2) is 35.3 Å². The van der Waals surface area contributed by atoms with Crippen LogP contribution in [0.1, 0.15) is 47.8 Å². The van der Waals surface area contributed by atoms with Crippen molar-refractivity contribution in [2.75, 3.05) is 27.9 Å². The molecule has 0 aliphatic carbocycles. The number of rotatable bonds is 7. The molecule has 184 valence electrons. The standard InChI is InChI=1S/C26H28FN3O5/c1-26(2,3)17-8-14(7-16(23(17)33-5)20-10-29-13-35-20)18(31)12-30-11-15-9-19(32-4)24(34-6)22(27)21(15)25(30)28/h7-10,13,28H,11-12H2,1-6H3. The van der Waals surface area contributed by atoms with E-state index in [4.69, 9.17) is 24.0 Å². The first kappa shape index (κ1) is 24.3. The minimum atomic E-state index is -0.672. The predicted octanol–water partition coefficient (Wildman–Crippen LogP) is 4.83. The number of halogens is 1. The molecular formula is C26H28FN3O5. The average molecular weight is 482 g/mol. The lowest BCUT2D eigenvalue weighted by Crippen LogP contribution is -2.30. The summed E-state index contributed by atoms with van der Waals surface area (Å²) in [5.41, 5.74) is 2.22. The van der Waals surface area contributed by atoms with E-state index in [1.165, 1.54) is 25.5 Å². The van der Waals surface area contributed by atoms with Crippen LogP contribution in [-0.2, 0) is 12.0 Å². The quantitative estimate of drug-likeness (QED) is 0.483. The van der Waals surface area contributed by atoms with Crippen LogP contribution in [0.4, 0.5) is 4.39 Å². The van der Waals surface area contributed by atoms with E-state index < -0.39 is 5.82 Å². The molecule has 0 atom stereocenters. The molecule has 1 aliphatic rings. The van der Waals surface area contributed by atoms with E-state index in [1.807, 2.05) is 20.8 Å². The van der Waals surface area contributed by atoms with E-state index in [-0.39, 0.29) is 47.2 Å². The average Bonchev–Trinajstić information content (AvgIpc) is 3.46. The molecule has 8 nitrogen and oxygen atoms in total. The first-order valence-corrected chi connectivity index (χ1v) is 11.0. The van der Waals surface area contributed by atoms with E-state index in [0.29, 0.717) is 28.2 Å². The maximum absolute atomic E-state index is 15.1. The van der Waals surface area contributed by atoms with Crippen molar-refractivity contribution in [2.24, 2.45) is 0 Å². The number of benzene rings is 2. The summed E-state index contributed by atoms with van der Waals surface area (Å²) in [6.45, 7) is 6.18. The Kier molecular flexibility index (Phi) is 6.27. The van der Waals surface area contributed by atoms with Gasteiger partial charge in [0.25, 0.3) is 0 Å². The summed E-state index contributed by atoms with van der Waals surface area (Å²) in [7, 11) is 4.34. The minimum absolute atomic E-state index is 0.0640. The van der Waals surface area contributed by atoms with Crippen LogP contribution in [0.5, 0.6) is 17.2 Å². The molecule has 0 unspecified atom stereocenters. The normalized spacial score (nSPS) is 13.1. The molecule has 2 aromatic carbocycles. The maximum atomic E-state index is 15.1. The second-order valence-corrected chi connectivity index (χ2v) is 9.31. The minimum Gasteiger partial charge on any atom is -0.496 e. The molecule has 1 aromatic heterocycles. The lowest BCUT2D eigenvalue weighted by atomic mass is 9.83. The number of aromatic nitrogens is 1. The van der Waals surface area contributed by atoms with E-state index in [9.17, 15) is 4.79 Å². The zero-order valence-electron chi connectivity index (χ0n) is 20.6. The van der Waals surface area contributed by atoms with Crippen molar-refractivity contribution >= 4 is 11.6 Å². The van der Waals surface area contributed by atoms with Gasteiger partial charge in [-0.15, -0.1) is 0 Å². The van der Waals surface area contributed by atoms with Crippen molar-refractivity contribution in [3.05, 3.63) is 58.9 Å². The zero-order valence-corrected chi connectivity index (χ0v) is 20.6. The molecule has 0 saturated carbocycles. The number of oxazole rings is 1. The highest BCUT2D eigenvalue weighted by Gasteiger charge is 2.33. The number of carbonyl (C=O) groups is 1. The number of fused-ring (bicyclic) bond motifs is 1. The molecule has 0 bridgehead atoms. The first-order chi connectivity index (χ1) is 16.6. The second kappa shape index (κ2) is 9.05. The van der Waals surface area contributed by atoms with Gasteiger partial charge in [0.05, 0.1) is 45.2 Å². The van der Waals surface area contributed by atoms with Gasteiger partial charge in [-0.25, -0.2) is 9.37 Å². The lowest BCUT2D eigenvalue weighted by molar-refractivity contribution is 0.0962. The highest BCUT2D eigenvalue weighted by molar-refractivity contribution is 6.06. The van der Waals surface area contributed by atoms with Gasteiger partial charge >= 0.3 is 0 Å². The summed E-state index contributed by atoms with van der Waals surface area (Å²) in [5, 5.41) is 8.54. The summed E-state index contributed by atoms with van der Waals surface area (Å²) in [5.74, 6) is 0.284. The highest BCUT2D eigenvalue weighted by atomic mass is 19.1. The smallest absolute Gasteiger partial charge is 0.197 e. The Morgan fingerprint density at radius 3 is 2.43 bits per heavy atom. The highest BCUT2D eigenvalue weighted by Crippen LogP contribution is 2.41. The number of hydrogen-bond acceptors (Lipinski definition) is 7. The molecule has 0 fully saturated rings. The molecule has 0 amide bonds. The number of methoxy groups -OCH3 is 3. The van der Waals surface area contributed by atoms with Crippen LogP contribution in [-0.4, -0.2) is 49.4 Å². The van der Waals surface area contributed by atoms with Gasteiger partial charge in [-0.1, -0.05) is 20.8 Å². The van der Waals surface area contributed by atoms with Gasteiger partial charge in [-0.2, -0.15) is 0 Å². The SMILES string of the molecule is COc1cc2c(c(F)c1OC)C(=N)N(CC(=O)c1cc(-c3cnco3)c(OC)c(C(C)(C)C)c1)C2. The molecule has 0 radical (unpaired) electrons. The summed E-state index contributed by atoms with van der Waals surface area (Å²) >= 11 is 0. The van der Waals surface area contributed by atoms with E-state index in [0.717, 1.165) is 5.56 Å². The number of ketones is 1. The summed E-state index contributed by atoms with van der Waals surface area (Å²) in [6, 6.07) is 5.15. The fourth-order valence-corrected chi connectivity index (χ4v) is 4.32. The molecule has 2 heterocycles. The van der Waals surface area contributed by atoms with Crippen molar-refractivity contribution in [1.82, 2.24) is 9.88 Å². The number of amidine groups is 1. The Morgan fingerprint density at radius 2 is 1.86 bits per heavy atom. The summed E-state index contributed by atoms with van der Waals surface area (Å²) < 4.78 is 36.7.